The number of hydrogen-bond acceptors (Lipinski definition) is 3. The molecule has 19 heavy (non-hydrogen) atoms. The molecule has 1 amide bonds. The fourth-order valence-electron chi connectivity index (χ4n) is 1.42. The molecule has 1 aromatic carbocycles. The van der Waals surface area contributed by atoms with Gasteiger partial charge in [-0.1, -0.05) is 0 Å². The molecule has 2 rings (SSSR count). The Bertz CT molecular complexity index is 651. The van der Waals surface area contributed by atoms with Crippen LogP contribution in [0.2, 0.25) is 0 Å². The molecule has 1 aromatic heterocycles. The van der Waals surface area contributed by atoms with Crippen LogP contribution in [0.15, 0.2) is 44.1 Å². The van der Waals surface area contributed by atoms with E-state index in [1.54, 1.807) is 12.1 Å². The second-order valence-electron chi connectivity index (χ2n) is 3.56. The maximum absolute atomic E-state index is 11.9. The summed E-state index contributed by atoms with van der Waals surface area (Å²) in [6.07, 6.45) is 1.38. The SMILES string of the molecule is O=C(O)c1cc(NC(=O)c2ccoc2Br)ccc1Br. The second kappa shape index (κ2) is 5.58. The third-order valence-corrected chi connectivity index (χ3v) is 3.62. The molecule has 0 aliphatic rings. The van der Waals surface area contributed by atoms with E-state index < -0.39 is 5.97 Å². The van der Waals surface area contributed by atoms with Crippen LogP contribution in [0.25, 0.3) is 0 Å². The molecule has 0 saturated heterocycles. The van der Waals surface area contributed by atoms with Crippen molar-refractivity contribution < 1.29 is 19.1 Å². The molecule has 2 N–H and O–H groups in total. The summed E-state index contributed by atoms with van der Waals surface area (Å²) in [6, 6.07) is 6.04. The number of furan rings is 1. The van der Waals surface area contributed by atoms with Crippen molar-refractivity contribution in [3.63, 3.8) is 0 Å². The predicted molar refractivity (Wildman–Crippen MR) is 75.5 cm³/mol. The van der Waals surface area contributed by atoms with Crippen LogP contribution in [0, 0.1) is 0 Å². The van der Waals surface area contributed by atoms with Crippen LogP contribution in [-0.4, -0.2) is 17.0 Å². The molecular weight excluding hydrogens is 382 g/mol. The predicted octanol–water partition coefficient (Wildman–Crippen LogP) is 3.76. The Labute approximate surface area is 124 Å². The average Bonchev–Trinajstić information content (AvgIpc) is 2.77. The third kappa shape index (κ3) is 3.05. The van der Waals surface area contributed by atoms with E-state index in [0.29, 0.717) is 20.4 Å². The highest BCUT2D eigenvalue weighted by Gasteiger charge is 2.14. The first kappa shape index (κ1) is 13.8. The Hall–Kier alpha value is -1.60. The molecule has 0 unspecified atom stereocenters. The van der Waals surface area contributed by atoms with Crippen LogP contribution < -0.4 is 5.32 Å². The van der Waals surface area contributed by atoms with Crippen LogP contribution >= 0.6 is 31.9 Å². The molecule has 98 valence electrons. The van der Waals surface area contributed by atoms with Gasteiger partial charge in [0.15, 0.2) is 4.67 Å². The van der Waals surface area contributed by atoms with Crippen LogP contribution in [0.5, 0.6) is 0 Å². The number of aromatic carboxylic acids is 1. The van der Waals surface area contributed by atoms with Crippen molar-refractivity contribution in [2.45, 2.75) is 0 Å². The lowest BCUT2D eigenvalue weighted by Crippen LogP contribution is -2.12. The van der Waals surface area contributed by atoms with Crippen molar-refractivity contribution in [3.8, 4) is 0 Å². The van der Waals surface area contributed by atoms with Crippen LogP contribution in [0.1, 0.15) is 20.7 Å². The minimum absolute atomic E-state index is 0.0732. The smallest absolute Gasteiger partial charge is 0.336 e. The minimum atomic E-state index is -1.08. The summed E-state index contributed by atoms with van der Waals surface area (Å²) in [5.41, 5.74) is 0.794. The van der Waals surface area contributed by atoms with E-state index in [2.05, 4.69) is 37.2 Å². The van der Waals surface area contributed by atoms with Gasteiger partial charge in [0.05, 0.1) is 17.4 Å². The number of rotatable bonds is 3. The zero-order valence-electron chi connectivity index (χ0n) is 9.31. The first-order chi connectivity index (χ1) is 8.99. The van der Waals surface area contributed by atoms with Gasteiger partial charge in [0.25, 0.3) is 5.91 Å². The van der Waals surface area contributed by atoms with Crippen LogP contribution in [0.4, 0.5) is 5.69 Å². The highest BCUT2D eigenvalue weighted by molar-refractivity contribution is 9.10. The van der Waals surface area contributed by atoms with Crippen molar-refractivity contribution in [2.24, 2.45) is 0 Å². The van der Waals surface area contributed by atoms with E-state index in [9.17, 15) is 9.59 Å². The molecule has 0 spiro atoms. The number of carbonyl (C=O) groups excluding carboxylic acids is 1. The van der Waals surface area contributed by atoms with E-state index in [1.165, 1.54) is 18.4 Å². The maximum Gasteiger partial charge on any atom is 0.336 e. The Morgan fingerprint density at radius 1 is 1.16 bits per heavy atom. The van der Waals surface area contributed by atoms with Crippen molar-refractivity contribution in [1.29, 1.82) is 0 Å². The summed E-state index contributed by atoms with van der Waals surface area (Å²) in [4.78, 5) is 22.9. The molecule has 2 aromatic rings. The van der Waals surface area contributed by atoms with E-state index in [1.807, 2.05) is 0 Å². The maximum atomic E-state index is 11.9. The highest BCUT2D eigenvalue weighted by atomic mass is 79.9. The number of benzene rings is 1. The summed E-state index contributed by atoms with van der Waals surface area (Å²) < 4.78 is 5.73. The van der Waals surface area contributed by atoms with Gasteiger partial charge in [-0.15, -0.1) is 0 Å². The molecule has 0 fully saturated rings. The van der Waals surface area contributed by atoms with Gasteiger partial charge >= 0.3 is 5.97 Å². The van der Waals surface area contributed by atoms with Crippen molar-refractivity contribution >= 4 is 49.4 Å². The number of hydrogen-bond donors (Lipinski definition) is 2. The number of nitrogens with one attached hydrogen (secondary N) is 1. The van der Waals surface area contributed by atoms with Crippen LogP contribution in [-0.2, 0) is 0 Å². The molecule has 0 bridgehead atoms. The molecule has 7 heteroatoms. The van der Waals surface area contributed by atoms with Gasteiger partial charge in [0.2, 0.25) is 0 Å². The van der Waals surface area contributed by atoms with E-state index in [4.69, 9.17) is 9.52 Å². The fourth-order valence-corrected chi connectivity index (χ4v) is 2.26. The largest absolute Gasteiger partial charge is 0.478 e. The lowest BCUT2D eigenvalue weighted by molar-refractivity contribution is 0.0695. The van der Waals surface area contributed by atoms with Gasteiger partial charge in [-0.05, 0) is 56.1 Å². The van der Waals surface area contributed by atoms with Gasteiger partial charge in [-0.25, -0.2) is 4.79 Å². The number of anilines is 1. The van der Waals surface area contributed by atoms with Gasteiger partial charge in [0.1, 0.15) is 0 Å². The number of halogens is 2. The first-order valence-corrected chi connectivity index (χ1v) is 6.65. The lowest BCUT2D eigenvalue weighted by Gasteiger charge is -2.06. The van der Waals surface area contributed by atoms with Crippen LogP contribution in [0.3, 0.4) is 0 Å². The lowest BCUT2D eigenvalue weighted by atomic mass is 10.2. The zero-order valence-corrected chi connectivity index (χ0v) is 12.5. The van der Waals surface area contributed by atoms with Crippen molar-refractivity contribution in [3.05, 3.63) is 50.8 Å². The molecule has 0 atom stereocenters. The van der Waals surface area contributed by atoms with E-state index in [0.717, 1.165) is 0 Å². The first-order valence-electron chi connectivity index (χ1n) is 5.06. The molecule has 0 aliphatic heterocycles. The Kier molecular flexibility index (Phi) is 4.06. The Morgan fingerprint density at radius 2 is 1.89 bits per heavy atom. The standard InChI is InChI=1S/C12H7Br2NO4/c13-9-2-1-6(5-8(9)12(17)18)15-11(16)7-3-4-19-10(7)14/h1-5H,(H,15,16)(H,17,18). The number of carbonyl (C=O) groups is 2. The van der Waals surface area contributed by atoms with Gasteiger partial charge in [-0.2, -0.15) is 0 Å². The van der Waals surface area contributed by atoms with E-state index >= 15 is 0 Å². The number of carboxylic acids is 1. The summed E-state index contributed by atoms with van der Waals surface area (Å²) in [5, 5.41) is 11.6. The third-order valence-electron chi connectivity index (χ3n) is 2.32. The molecule has 0 aliphatic carbocycles. The second-order valence-corrected chi connectivity index (χ2v) is 5.14. The van der Waals surface area contributed by atoms with Gasteiger partial charge < -0.3 is 14.8 Å². The normalized spacial score (nSPS) is 10.2. The quantitative estimate of drug-likeness (QED) is 0.838. The topological polar surface area (TPSA) is 79.5 Å². The number of carboxylic acid groups (broad SMARTS) is 1. The van der Waals surface area contributed by atoms with Crippen molar-refractivity contribution in [2.75, 3.05) is 5.32 Å². The summed E-state index contributed by atoms with van der Waals surface area (Å²) in [7, 11) is 0. The summed E-state index contributed by atoms with van der Waals surface area (Å²) >= 11 is 6.23. The Balaban J connectivity index is 2.25. The van der Waals surface area contributed by atoms with Crippen molar-refractivity contribution in [1.82, 2.24) is 0 Å². The number of amides is 1. The summed E-state index contributed by atoms with van der Waals surface area (Å²) in [5.74, 6) is -1.47. The van der Waals surface area contributed by atoms with Gasteiger partial charge in [0, 0.05) is 10.2 Å². The molecule has 1 heterocycles. The average molecular weight is 389 g/mol. The summed E-state index contributed by atoms with van der Waals surface area (Å²) in [6.45, 7) is 0. The fraction of sp³-hybridized carbons (Fsp3) is 0. The molecule has 0 radical (unpaired) electrons. The van der Waals surface area contributed by atoms with Gasteiger partial charge in [-0.3, -0.25) is 4.79 Å². The molecular formula is C12H7Br2NO4. The molecule has 5 nitrogen and oxygen atoms in total. The minimum Gasteiger partial charge on any atom is -0.478 e. The molecule has 0 saturated carbocycles. The monoisotopic (exact) mass is 387 g/mol. The van der Waals surface area contributed by atoms with E-state index in [-0.39, 0.29) is 11.5 Å². The highest BCUT2D eigenvalue weighted by Crippen LogP contribution is 2.23. The zero-order chi connectivity index (χ0) is 14.0. The Morgan fingerprint density at radius 3 is 2.47 bits per heavy atom.